The highest BCUT2D eigenvalue weighted by atomic mass is 35.5. The predicted octanol–water partition coefficient (Wildman–Crippen LogP) is 5.74. The summed E-state index contributed by atoms with van der Waals surface area (Å²) in [5.74, 6) is 0.355. The fraction of sp³-hybridized carbons (Fsp3) is 0.0833. The van der Waals surface area contributed by atoms with Crippen molar-refractivity contribution < 1.29 is 9.21 Å². The van der Waals surface area contributed by atoms with Crippen molar-refractivity contribution in [2.24, 2.45) is 0 Å². The van der Waals surface area contributed by atoms with Crippen LogP contribution in [0, 0.1) is 0 Å². The summed E-state index contributed by atoms with van der Waals surface area (Å²) in [6, 6.07) is 21.8. The summed E-state index contributed by atoms with van der Waals surface area (Å²) in [4.78, 5) is 28.1. The molecule has 4 aromatic rings. The minimum Gasteiger partial charge on any atom is -0.459 e. The van der Waals surface area contributed by atoms with E-state index in [1.807, 2.05) is 24.3 Å². The van der Waals surface area contributed by atoms with Crippen molar-refractivity contribution in [3.63, 3.8) is 0 Å². The van der Waals surface area contributed by atoms with Crippen LogP contribution in [0.2, 0.25) is 10.0 Å². The Morgan fingerprint density at radius 3 is 1.97 bits per heavy atom. The van der Waals surface area contributed by atoms with Gasteiger partial charge in [0.05, 0.1) is 18.3 Å². The normalized spacial score (nSPS) is 17.5. The van der Waals surface area contributed by atoms with Gasteiger partial charge in [-0.3, -0.25) is 19.1 Å². The largest absolute Gasteiger partial charge is 0.459 e. The van der Waals surface area contributed by atoms with Gasteiger partial charge in [-0.25, -0.2) is 0 Å². The number of nitrogens with zero attached hydrogens (tertiary/aromatic N) is 2. The van der Waals surface area contributed by atoms with Gasteiger partial charge in [-0.15, -0.1) is 0 Å². The Morgan fingerprint density at radius 2 is 1.39 bits per heavy atom. The lowest BCUT2D eigenvalue weighted by Crippen LogP contribution is -2.33. The number of halogens is 2. The Labute approximate surface area is 188 Å². The first-order valence-corrected chi connectivity index (χ1v) is 10.4. The molecule has 7 heteroatoms. The number of pyridine rings is 1. The van der Waals surface area contributed by atoms with E-state index in [0.717, 1.165) is 11.1 Å². The molecule has 2 aromatic heterocycles. The van der Waals surface area contributed by atoms with E-state index < -0.39 is 12.1 Å². The van der Waals surface area contributed by atoms with Crippen LogP contribution in [-0.2, 0) is 0 Å². The van der Waals surface area contributed by atoms with E-state index in [9.17, 15) is 9.59 Å². The lowest BCUT2D eigenvalue weighted by molar-refractivity contribution is 0.0951. The SMILES string of the molecule is O=C(c1ccco1)N1c2cccc(=O)n2[C@H](c2ccc(Cl)cc2)[C@@H]1c1ccc(Cl)cc1. The van der Waals surface area contributed by atoms with Gasteiger partial charge in [-0.05, 0) is 53.6 Å². The minimum absolute atomic E-state index is 0.193. The Morgan fingerprint density at radius 1 is 0.774 bits per heavy atom. The lowest BCUT2D eigenvalue weighted by Gasteiger charge is -2.28. The van der Waals surface area contributed by atoms with Crippen molar-refractivity contribution in [2.75, 3.05) is 4.90 Å². The number of furan rings is 1. The molecule has 1 amide bonds. The summed E-state index contributed by atoms with van der Waals surface area (Å²) in [7, 11) is 0. The second-order valence-corrected chi connectivity index (χ2v) is 8.11. The molecule has 0 fully saturated rings. The number of carbonyl (C=O) groups is 1. The van der Waals surface area contributed by atoms with Crippen molar-refractivity contribution in [3.8, 4) is 0 Å². The monoisotopic (exact) mass is 450 g/mol. The van der Waals surface area contributed by atoms with Crippen LogP contribution in [0.4, 0.5) is 5.82 Å². The number of fused-ring (bicyclic) bond motifs is 1. The number of benzene rings is 2. The highest BCUT2D eigenvalue weighted by Crippen LogP contribution is 2.47. The van der Waals surface area contributed by atoms with Crippen LogP contribution in [0.3, 0.4) is 0 Å². The van der Waals surface area contributed by atoms with Crippen LogP contribution < -0.4 is 10.5 Å². The Balaban J connectivity index is 1.77. The number of anilines is 1. The number of carbonyl (C=O) groups excluding carboxylic acids is 1. The maximum absolute atomic E-state index is 13.5. The van der Waals surface area contributed by atoms with Crippen LogP contribution in [0.1, 0.15) is 33.8 Å². The molecule has 5 nitrogen and oxygen atoms in total. The van der Waals surface area contributed by atoms with Crippen molar-refractivity contribution in [2.45, 2.75) is 12.1 Å². The van der Waals surface area contributed by atoms with Crippen LogP contribution in [0.25, 0.3) is 0 Å². The molecular weight excluding hydrogens is 435 g/mol. The first-order valence-electron chi connectivity index (χ1n) is 9.64. The molecule has 0 radical (unpaired) electrons. The Hall–Kier alpha value is -3.28. The van der Waals surface area contributed by atoms with Crippen molar-refractivity contribution in [1.82, 2.24) is 4.57 Å². The number of aromatic nitrogens is 1. The number of hydrogen-bond acceptors (Lipinski definition) is 3. The van der Waals surface area contributed by atoms with Gasteiger partial charge >= 0.3 is 0 Å². The van der Waals surface area contributed by atoms with Gasteiger partial charge < -0.3 is 4.42 Å². The third kappa shape index (κ3) is 3.36. The number of hydrogen-bond donors (Lipinski definition) is 0. The van der Waals surface area contributed by atoms with E-state index in [1.165, 1.54) is 12.3 Å². The lowest BCUT2D eigenvalue weighted by atomic mass is 9.93. The molecule has 0 saturated carbocycles. The quantitative estimate of drug-likeness (QED) is 0.399. The molecule has 0 bridgehead atoms. The molecule has 1 aliphatic heterocycles. The fourth-order valence-electron chi connectivity index (χ4n) is 4.12. The molecule has 0 spiro atoms. The van der Waals surface area contributed by atoms with Gasteiger partial charge in [0.2, 0.25) is 0 Å². The fourth-order valence-corrected chi connectivity index (χ4v) is 4.37. The average molecular weight is 451 g/mol. The summed E-state index contributed by atoms with van der Waals surface area (Å²) in [5, 5.41) is 1.18. The van der Waals surface area contributed by atoms with E-state index in [1.54, 1.807) is 58.0 Å². The van der Waals surface area contributed by atoms with E-state index in [-0.39, 0.29) is 17.2 Å². The highest BCUT2D eigenvalue weighted by molar-refractivity contribution is 6.30. The van der Waals surface area contributed by atoms with Crippen molar-refractivity contribution in [1.29, 1.82) is 0 Å². The molecule has 0 saturated heterocycles. The summed E-state index contributed by atoms with van der Waals surface area (Å²) in [5.41, 5.74) is 1.49. The number of amides is 1. The third-order valence-electron chi connectivity index (χ3n) is 5.44. The molecule has 0 unspecified atom stereocenters. The zero-order chi connectivity index (χ0) is 21.5. The molecule has 0 N–H and O–H groups in total. The minimum atomic E-state index is -0.494. The standard InChI is InChI=1S/C24H16Cl2N2O3/c25-17-10-6-15(7-11-17)22-23(16-8-12-18(26)13-9-16)28(24(30)19-3-2-14-31-19)20-4-1-5-21(29)27(20)22/h1-14,22-23H/t22-,23+/m1/s1. The molecule has 3 heterocycles. The maximum Gasteiger partial charge on any atom is 0.295 e. The van der Waals surface area contributed by atoms with Gasteiger partial charge in [0.1, 0.15) is 5.82 Å². The van der Waals surface area contributed by atoms with E-state index in [2.05, 4.69) is 0 Å². The van der Waals surface area contributed by atoms with Crippen LogP contribution in [0.5, 0.6) is 0 Å². The summed E-state index contributed by atoms with van der Waals surface area (Å²) in [6.07, 6.45) is 1.45. The zero-order valence-corrected chi connectivity index (χ0v) is 17.6. The molecule has 2 atom stereocenters. The van der Waals surface area contributed by atoms with Crippen LogP contribution in [-0.4, -0.2) is 10.5 Å². The van der Waals surface area contributed by atoms with E-state index in [4.69, 9.17) is 27.6 Å². The van der Waals surface area contributed by atoms with Gasteiger partial charge in [-0.2, -0.15) is 0 Å². The zero-order valence-electron chi connectivity index (χ0n) is 16.1. The molecule has 5 rings (SSSR count). The summed E-state index contributed by atoms with van der Waals surface area (Å²) < 4.78 is 7.04. The third-order valence-corrected chi connectivity index (χ3v) is 5.95. The topological polar surface area (TPSA) is 55.5 Å². The maximum atomic E-state index is 13.5. The first-order chi connectivity index (χ1) is 15.0. The Bertz CT molecular complexity index is 1300. The molecule has 154 valence electrons. The highest BCUT2D eigenvalue weighted by Gasteiger charge is 2.44. The molecular formula is C24H16Cl2N2O3. The summed E-state index contributed by atoms with van der Waals surface area (Å²) in [6.45, 7) is 0. The molecule has 2 aromatic carbocycles. The first kappa shape index (κ1) is 19.7. The van der Waals surface area contributed by atoms with Gasteiger partial charge in [0.15, 0.2) is 5.76 Å². The van der Waals surface area contributed by atoms with E-state index in [0.29, 0.717) is 15.9 Å². The van der Waals surface area contributed by atoms with Crippen LogP contribution in [0.15, 0.2) is 94.3 Å². The predicted molar refractivity (Wildman–Crippen MR) is 120 cm³/mol. The average Bonchev–Trinajstić information content (AvgIpc) is 3.42. The smallest absolute Gasteiger partial charge is 0.295 e. The van der Waals surface area contributed by atoms with Gasteiger partial charge in [0.25, 0.3) is 11.5 Å². The summed E-state index contributed by atoms with van der Waals surface area (Å²) >= 11 is 12.2. The van der Waals surface area contributed by atoms with Crippen molar-refractivity contribution >= 4 is 34.9 Å². The molecule has 0 aliphatic carbocycles. The molecule has 31 heavy (non-hydrogen) atoms. The number of rotatable bonds is 3. The van der Waals surface area contributed by atoms with Crippen LogP contribution >= 0.6 is 23.2 Å². The second kappa shape index (κ2) is 7.76. The van der Waals surface area contributed by atoms with E-state index >= 15 is 0 Å². The molecule has 1 aliphatic rings. The Kier molecular flexibility index (Phi) is 4.93. The van der Waals surface area contributed by atoms with Crippen molar-refractivity contribution in [3.05, 3.63) is 122 Å². The van der Waals surface area contributed by atoms with Gasteiger partial charge in [-0.1, -0.05) is 53.5 Å². The van der Waals surface area contributed by atoms with Gasteiger partial charge in [0, 0.05) is 16.1 Å². The second-order valence-electron chi connectivity index (χ2n) is 7.24.